The number of thiocarbonyl (C=S) groups is 1. The SMILES string of the molecule is O=C(OC[C@H]1OC(N=C=S)[C@H](OC(=O)c2ccccc2)[C@@H](OC(=O)c2ccccc2)[C@@H]1OC(=O)c1ccccc1)c1ccccc1. The fourth-order valence-electron chi connectivity index (χ4n) is 4.70. The van der Waals surface area contributed by atoms with Crippen LogP contribution in [0.1, 0.15) is 41.4 Å². The van der Waals surface area contributed by atoms with Crippen LogP contribution in [0.25, 0.3) is 0 Å². The van der Waals surface area contributed by atoms with E-state index in [4.69, 9.17) is 35.9 Å². The Morgan fingerprint density at radius 3 is 1.35 bits per heavy atom. The Balaban J connectivity index is 1.53. The maximum atomic E-state index is 13.4. The molecule has 1 fully saturated rings. The molecule has 0 aromatic heterocycles. The number of ether oxygens (including phenoxy) is 5. The molecule has 232 valence electrons. The molecule has 5 atom stereocenters. The molecule has 0 spiro atoms. The molecule has 10 nitrogen and oxygen atoms in total. The molecular formula is C35H27NO9S. The van der Waals surface area contributed by atoms with E-state index >= 15 is 0 Å². The Kier molecular flexibility index (Phi) is 10.8. The minimum absolute atomic E-state index is 0.178. The number of carbonyl (C=O) groups is 4. The quantitative estimate of drug-likeness (QED) is 0.0972. The Bertz CT molecular complexity index is 1700. The van der Waals surface area contributed by atoms with Gasteiger partial charge in [-0.25, -0.2) is 19.2 Å². The van der Waals surface area contributed by atoms with Gasteiger partial charge in [0.15, 0.2) is 24.5 Å². The average Bonchev–Trinajstić information content (AvgIpc) is 3.11. The number of carbonyl (C=O) groups excluding carboxylic acids is 4. The van der Waals surface area contributed by atoms with Crippen molar-refractivity contribution in [1.29, 1.82) is 0 Å². The molecule has 1 saturated heterocycles. The van der Waals surface area contributed by atoms with Gasteiger partial charge in [-0.1, -0.05) is 72.8 Å². The third-order valence-electron chi connectivity index (χ3n) is 6.94. The van der Waals surface area contributed by atoms with Crippen molar-refractivity contribution < 1.29 is 42.9 Å². The lowest BCUT2D eigenvalue weighted by atomic mass is 9.97. The van der Waals surface area contributed by atoms with Gasteiger partial charge in [-0.3, -0.25) is 0 Å². The molecule has 46 heavy (non-hydrogen) atoms. The summed E-state index contributed by atoms with van der Waals surface area (Å²) in [6.45, 7) is -0.456. The molecule has 0 N–H and O–H groups in total. The number of isothiocyanates is 1. The number of hydrogen-bond acceptors (Lipinski definition) is 11. The first-order valence-electron chi connectivity index (χ1n) is 14.2. The van der Waals surface area contributed by atoms with E-state index in [1.807, 2.05) is 0 Å². The minimum Gasteiger partial charge on any atom is -0.459 e. The van der Waals surface area contributed by atoms with Crippen LogP contribution >= 0.6 is 12.2 Å². The highest BCUT2D eigenvalue weighted by atomic mass is 32.1. The lowest BCUT2D eigenvalue weighted by molar-refractivity contribution is -0.226. The molecule has 1 unspecified atom stereocenters. The van der Waals surface area contributed by atoms with Gasteiger partial charge in [0.1, 0.15) is 12.7 Å². The molecule has 0 bridgehead atoms. The Morgan fingerprint density at radius 1 is 0.565 bits per heavy atom. The lowest BCUT2D eigenvalue weighted by Crippen LogP contribution is -2.62. The standard InChI is InChI=1S/C35H27NO9S/c37-32(23-13-5-1-6-14-23)41-21-27-28(43-33(38)24-15-7-2-8-16-24)29(44-34(39)25-17-9-3-10-18-25)30(31(42-27)36-22-46)45-35(40)26-19-11-4-12-20-26/h1-20,27-31H,21H2/t27-,28-,29+,30-,31?/m1/s1. The summed E-state index contributed by atoms with van der Waals surface area (Å²) < 4.78 is 29.3. The van der Waals surface area contributed by atoms with Gasteiger partial charge in [-0.15, -0.1) is 0 Å². The van der Waals surface area contributed by atoms with Crippen LogP contribution in [-0.2, 0) is 23.7 Å². The summed E-state index contributed by atoms with van der Waals surface area (Å²) in [5, 5.41) is 2.21. The van der Waals surface area contributed by atoms with Gasteiger partial charge >= 0.3 is 23.9 Å². The molecule has 0 aliphatic carbocycles. The first-order chi connectivity index (χ1) is 22.4. The molecule has 4 aromatic rings. The molecule has 5 rings (SSSR count). The van der Waals surface area contributed by atoms with Crippen molar-refractivity contribution in [2.45, 2.75) is 30.6 Å². The summed E-state index contributed by atoms with van der Waals surface area (Å²) in [6, 6.07) is 32.5. The zero-order valence-electron chi connectivity index (χ0n) is 24.2. The average molecular weight is 638 g/mol. The molecule has 1 aliphatic heterocycles. The highest BCUT2D eigenvalue weighted by molar-refractivity contribution is 7.78. The largest absolute Gasteiger partial charge is 0.459 e. The van der Waals surface area contributed by atoms with Crippen LogP contribution in [0.15, 0.2) is 126 Å². The van der Waals surface area contributed by atoms with Crippen LogP contribution in [0.2, 0.25) is 0 Å². The van der Waals surface area contributed by atoms with Crippen molar-refractivity contribution in [2.24, 2.45) is 4.99 Å². The summed E-state index contributed by atoms with van der Waals surface area (Å²) in [4.78, 5) is 57.0. The van der Waals surface area contributed by atoms with E-state index < -0.39 is 61.1 Å². The Labute approximate surface area is 269 Å². The zero-order valence-corrected chi connectivity index (χ0v) is 25.0. The predicted molar refractivity (Wildman–Crippen MR) is 167 cm³/mol. The Morgan fingerprint density at radius 2 is 0.935 bits per heavy atom. The normalized spacial score (nSPS) is 20.3. The van der Waals surface area contributed by atoms with Gasteiger partial charge in [0.25, 0.3) is 0 Å². The minimum atomic E-state index is -1.50. The maximum absolute atomic E-state index is 13.4. The number of nitrogens with zero attached hydrogens (tertiary/aromatic N) is 1. The number of rotatable bonds is 10. The van der Waals surface area contributed by atoms with Gasteiger partial charge in [-0.05, 0) is 60.7 Å². The summed E-state index contributed by atoms with van der Waals surface area (Å²) in [6.07, 6.45) is -7.05. The molecule has 1 heterocycles. The van der Waals surface area contributed by atoms with Crippen molar-refractivity contribution in [3.63, 3.8) is 0 Å². The fourth-order valence-corrected chi connectivity index (χ4v) is 4.80. The molecule has 0 saturated carbocycles. The third kappa shape index (κ3) is 7.96. The molecular weight excluding hydrogens is 610 g/mol. The number of hydrogen-bond donors (Lipinski definition) is 0. The molecule has 0 radical (unpaired) electrons. The van der Waals surface area contributed by atoms with Gasteiger partial charge in [0, 0.05) is 0 Å². The van der Waals surface area contributed by atoms with Crippen molar-refractivity contribution in [3.05, 3.63) is 144 Å². The number of esters is 4. The van der Waals surface area contributed by atoms with Crippen LogP contribution in [0.5, 0.6) is 0 Å². The van der Waals surface area contributed by atoms with Gasteiger partial charge in [0.05, 0.1) is 27.4 Å². The van der Waals surface area contributed by atoms with E-state index in [1.54, 1.807) is 84.9 Å². The van der Waals surface area contributed by atoms with Crippen LogP contribution in [0.3, 0.4) is 0 Å². The second-order valence-corrected chi connectivity index (χ2v) is 10.1. The maximum Gasteiger partial charge on any atom is 0.338 e. The van der Waals surface area contributed by atoms with E-state index in [-0.39, 0.29) is 22.3 Å². The predicted octanol–water partition coefficient (Wildman–Crippen LogP) is 5.35. The summed E-state index contributed by atoms with van der Waals surface area (Å²) >= 11 is 4.85. The van der Waals surface area contributed by atoms with Crippen LogP contribution in [-0.4, -0.2) is 66.3 Å². The second kappa shape index (κ2) is 15.5. The van der Waals surface area contributed by atoms with Crippen LogP contribution < -0.4 is 0 Å². The number of aliphatic imine (C=N–C) groups is 1. The first-order valence-corrected chi connectivity index (χ1v) is 14.6. The molecule has 0 amide bonds. The van der Waals surface area contributed by atoms with E-state index in [1.165, 1.54) is 36.4 Å². The van der Waals surface area contributed by atoms with Gasteiger partial charge in [0.2, 0.25) is 0 Å². The summed E-state index contributed by atoms with van der Waals surface area (Å²) in [5.74, 6) is -3.07. The van der Waals surface area contributed by atoms with Crippen molar-refractivity contribution >= 4 is 41.3 Å². The van der Waals surface area contributed by atoms with Gasteiger partial charge < -0.3 is 23.7 Å². The van der Waals surface area contributed by atoms with Gasteiger partial charge in [-0.2, -0.15) is 4.99 Å². The Hall–Kier alpha value is -5.48. The molecule has 4 aromatic carbocycles. The highest BCUT2D eigenvalue weighted by Gasteiger charge is 2.53. The van der Waals surface area contributed by atoms with E-state index in [9.17, 15) is 19.2 Å². The summed E-state index contributed by atoms with van der Waals surface area (Å²) in [5.41, 5.74) is 0.827. The summed E-state index contributed by atoms with van der Waals surface area (Å²) in [7, 11) is 0. The number of benzene rings is 4. The first kappa shape index (κ1) is 31.9. The van der Waals surface area contributed by atoms with Crippen molar-refractivity contribution in [2.75, 3.05) is 6.61 Å². The van der Waals surface area contributed by atoms with E-state index in [0.717, 1.165) is 0 Å². The lowest BCUT2D eigenvalue weighted by Gasteiger charge is -2.43. The topological polar surface area (TPSA) is 127 Å². The highest BCUT2D eigenvalue weighted by Crippen LogP contribution is 2.31. The third-order valence-corrected chi connectivity index (χ3v) is 7.04. The molecule has 11 heteroatoms. The monoisotopic (exact) mass is 637 g/mol. The fraction of sp³-hybridized carbons (Fsp3) is 0.171. The van der Waals surface area contributed by atoms with Crippen molar-refractivity contribution in [1.82, 2.24) is 0 Å². The van der Waals surface area contributed by atoms with E-state index in [2.05, 4.69) is 10.2 Å². The molecule has 1 aliphatic rings. The second-order valence-electron chi connectivity index (χ2n) is 9.96. The zero-order chi connectivity index (χ0) is 32.3. The smallest absolute Gasteiger partial charge is 0.338 e. The van der Waals surface area contributed by atoms with E-state index in [0.29, 0.717) is 0 Å². The van der Waals surface area contributed by atoms with Crippen molar-refractivity contribution in [3.8, 4) is 0 Å². The van der Waals surface area contributed by atoms with Crippen LogP contribution in [0, 0.1) is 0 Å². The van der Waals surface area contributed by atoms with Crippen LogP contribution in [0.4, 0.5) is 0 Å².